The molecule has 0 spiro atoms. The molecule has 0 aromatic heterocycles. The Kier molecular flexibility index (Phi) is 4.64. The van der Waals surface area contributed by atoms with Gasteiger partial charge in [-0.3, -0.25) is 0 Å². The lowest BCUT2D eigenvalue weighted by Crippen LogP contribution is -2.27. The molecule has 0 N–H and O–H groups in total. The highest BCUT2D eigenvalue weighted by Crippen LogP contribution is 2.36. The van der Waals surface area contributed by atoms with Gasteiger partial charge < -0.3 is 9.53 Å². The van der Waals surface area contributed by atoms with Gasteiger partial charge in [0.15, 0.2) is 0 Å². The average molecular weight is 268 g/mol. The highest BCUT2D eigenvalue weighted by molar-refractivity contribution is 5.52. The lowest BCUT2D eigenvalue weighted by molar-refractivity contribution is -0.108. The molecule has 0 aliphatic carbocycles. The highest BCUT2D eigenvalue weighted by Gasteiger charge is 2.28. The van der Waals surface area contributed by atoms with Crippen molar-refractivity contribution >= 4 is 6.29 Å². The molecule has 104 valence electrons. The molecular weight excluding hydrogens is 250 g/mol. The Hall–Kier alpha value is -1.29. The second-order valence-corrected chi connectivity index (χ2v) is 5.18. The Balaban J connectivity index is 2.25. The number of halogens is 2. The Morgan fingerprint density at radius 3 is 2.63 bits per heavy atom. The lowest BCUT2D eigenvalue weighted by Gasteiger charge is -2.33. The third kappa shape index (κ3) is 3.60. The van der Waals surface area contributed by atoms with Crippen molar-refractivity contribution in [1.29, 1.82) is 0 Å². The van der Waals surface area contributed by atoms with Crippen LogP contribution in [0.15, 0.2) is 18.2 Å². The van der Waals surface area contributed by atoms with Crippen LogP contribution in [-0.4, -0.2) is 19.0 Å². The van der Waals surface area contributed by atoms with Crippen molar-refractivity contribution in [2.75, 3.05) is 6.61 Å². The van der Waals surface area contributed by atoms with Crippen LogP contribution >= 0.6 is 0 Å². The summed E-state index contributed by atoms with van der Waals surface area (Å²) in [5.74, 6) is -1.08. The van der Waals surface area contributed by atoms with E-state index in [0.717, 1.165) is 25.2 Å². The third-order valence-corrected chi connectivity index (χ3v) is 3.76. The van der Waals surface area contributed by atoms with Crippen LogP contribution in [-0.2, 0) is 9.53 Å². The van der Waals surface area contributed by atoms with Crippen LogP contribution in [0.25, 0.3) is 0 Å². The molecule has 0 saturated carbocycles. The molecule has 4 heteroatoms. The monoisotopic (exact) mass is 268 g/mol. The number of rotatable bonds is 4. The van der Waals surface area contributed by atoms with Gasteiger partial charge >= 0.3 is 0 Å². The van der Waals surface area contributed by atoms with Crippen LogP contribution < -0.4 is 0 Å². The van der Waals surface area contributed by atoms with E-state index in [1.165, 1.54) is 12.1 Å². The van der Waals surface area contributed by atoms with Gasteiger partial charge in [0.05, 0.1) is 6.10 Å². The first kappa shape index (κ1) is 14.1. The molecule has 1 unspecified atom stereocenters. The van der Waals surface area contributed by atoms with E-state index in [0.29, 0.717) is 18.6 Å². The predicted molar refractivity (Wildman–Crippen MR) is 67.9 cm³/mol. The first-order valence-electron chi connectivity index (χ1n) is 6.61. The molecule has 1 saturated heterocycles. The largest absolute Gasteiger partial charge is 0.378 e. The summed E-state index contributed by atoms with van der Waals surface area (Å²) in [5.41, 5.74) is 0.573. The molecule has 1 aromatic rings. The fourth-order valence-electron chi connectivity index (χ4n) is 2.89. The molecule has 0 bridgehead atoms. The minimum Gasteiger partial charge on any atom is -0.378 e. The van der Waals surface area contributed by atoms with E-state index in [1.807, 2.05) is 6.92 Å². The second kappa shape index (κ2) is 6.24. The number of hydrogen-bond donors (Lipinski definition) is 0. The van der Waals surface area contributed by atoms with Crippen LogP contribution in [0.3, 0.4) is 0 Å². The number of carbonyl (C=O) groups excluding carboxylic acids is 1. The molecule has 2 rings (SSSR count). The summed E-state index contributed by atoms with van der Waals surface area (Å²) < 4.78 is 32.1. The molecule has 1 fully saturated rings. The first-order valence-corrected chi connectivity index (χ1v) is 6.61. The number of ether oxygens (including phenoxy) is 1. The van der Waals surface area contributed by atoms with Crippen molar-refractivity contribution in [2.45, 2.75) is 38.2 Å². The fourth-order valence-corrected chi connectivity index (χ4v) is 2.89. The quantitative estimate of drug-likeness (QED) is 0.782. The summed E-state index contributed by atoms with van der Waals surface area (Å²) in [7, 11) is 0. The standard InChI is InChI=1S/C15H18F2O2/c1-10-6-11(3-5-19-10)15(2-4-18)12-7-13(16)9-14(17)8-12/h4,7-11,15H,2-3,5-6H2,1H3/t10-,11?,15+/m0/s1. The van der Waals surface area contributed by atoms with Crippen molar-refractivity contribution in [3.8, 4) is 0 Å². The van der Waals surface area contributed by atoms with Crippen molar-refractivity contribution in [3.05, 3.63) is 35.4 Å². The van der Waals surface area contributed by atoms with Crippen molar-refractivity contribution < 1.29 is 18.3 Å². The maximum Gasteiger partial charge on any atom is 0.126 e. The summed E-state index contributed by atoms with van der Waals surface area (Å²) in [5, 5.41) is 0. The zero-order valence-corrected chi connectivity index (χ0v) is 10.9. The summed E-state index contributed by atoms with van der Waals surface area (Å²) in [6.07, 6.45) is 2.89. The maximum absolute atomic E-state index is 13.3. The first-order chi connectivity index (χ1) is 9.10. The number of benzene rings is 1. The van der Waals surface area contributed by atoms with E-state index < -0.39 is 11.6 Å². The van der Waals surface area contributed by atoms with Crippen LogP contribution in [0.4, 0.5) is 8.78 Å². The van der Waals surface area contributed by atoms with Gasteiger partial charge in [0.2, 0.25) is 0 Å². The second-order valence-electron chi connectivity index (χ2n) is 5.18. The molecule has 2 nitrogen and oxygen atoms in total. The molecule has 3 atom stereocenters. The van der Waals surface area contributed by atoms with E-state index in [4.69, 9.17) is 4.74 Å². The molecule has 1 aromatic carbocycles. The minimum absolute atomic E-state index is 0.131. The van der Waals surface area contributed by atoms with Crippen LogP contribution in [0.2, 0.25) is 0 Å². The van der Waals surface area contributed by atoms with E-state index in [9.17, 15) is 13.6 Å². The number of aldehydes is 1. The summed E-state index contributed by atoms with van der Waals surface area (Å²) in [6.45, 7) is 2.62. The normalized spacial score (nSPS) is 25.0. The minimum atomic E-state index is -0.592. The third-order valence-electron chi connectivity index (χ3n) is 3.76. The van der Waals surface area contributed by atoms with E-state index in [1.54, 1.807) is 0 Å². The fraction of sp³-hybridized carbons (Fsp3) is 0.533. The average Bonchev–Trinajstić information content (AvgIpc) is 2.34. The SMILES string of the molecule is C[C@H]1CC([C@@H](CC=O)c2cc(F)cc(F)c2)CCO1. The van der Waals surface area contributed by atoms with Gasteiger partial charge in [0, 0.05) is 19.1 Å². The summed E-state index contributed by atoms with van der Waals surface area (Å²) in [4.78, 5) is 10.9. The van der Waals surface area contributed by atoms with Gasteiger partial charge in [-0.15, -0.1) is 0 Å². The van der Waals surface area contributed by atoms with Crippen LogP contribution in [0.5, 0.6) is 0 Å². The van der Waals surface area contributed by atoms with Gasteiger partial charge in [0.25, 0.3) is 0 Å². The summed E-state index contributed by atoms with van der Waals surface area (Å²) >= 11 is 0. The Morgan fingerprint density at radius 1 is 1.37 bits per heavy atom. The van der Waals surface area contributed by atoms with Gasteiger partial charge in [-0.1, -0.05) is 0 Å². The number of hydrogen-bond acceptors (Lipinski definition) is 2. The van der Waals surface area contributed by atoms with E-state index in [2.05, 4.69) is 0 Å². The predicted octanol–water partition coefficient (Wildman–Crippen LogP) is 3.45. The highest BCUT2D eigenvalue weighted by atomic mass is 19.1. The Morgan fingerprint density at radius 2 is 2.05 bits per heavy atom. The molecule has 0 amide bonds. The summed E-state index contributed by atoms with van der Waals surface area (Å²) in [6, 6.07) is 3.52. The molecule has 1 aliphatic heterocycles. The van der Waals surface area contributed by atoms with Crippen molar-refractivity contribution in [1.82, 2.24) is 0 Å². The van der Waals surface area contributed by atoms with Gasteiger partial charge in [0.1, 0.15) is 17.9 Å². The van der Waals surface area contributed by atoms with Crippen LogP contribution in [0, 0.1) is 17.6 Å². The van der Waals surface area contributed by atoms with Crippen molar-refractivity contribution in [3.63, 3.8) is 0 Å². The molecule has 0 radical (unpaired) electrons. The maximum atomic E-state index is 13.3. The van der Waals surface area contributed by atoms with E-state index >= 15 is 0 Å². The Labute approximate surface area is 111 Å². The Bertz CT molecular complexity index is 428. The lowest BCUT2D eigenvalue weighted by atomic mass is 9.78. The molecule has 1 heterocycles. The number of carbonyl (C=O) groups is 1. The van der Waals surface area contributed by atoms with Crippen molar-refractivity contribution in [2.24, 2.45) is 5.92 Å². The topological polar surface area (TPSA) is 26.3 Å². The molecule has 19 heavy (non-hydrogen) atoms. The smallest absolute Gasteiger partial charge is 0.126 e. The van der Waals surface area contributed by atoms with Gasteiger partial charge in [-0.05, 0) is 49.3 Å². The zero-order chi connectivity index (χ0) is 13.8. The van der Waals surface area contributed by atoms with Gasteiger partial charge in [-0.25, -0.2) is 8.78 Å². The zero-order valence-electron chi connectivity index (χ0n) is 10.9. The van der Waals surface area contributed by atoms with Crippen LogP contribution in [0.1, 0.15) is 37.7 Å². The van der Waals surface area contributed by atoms with E-state index in [-0.39, 0.29) is 17.9 Å². The molecule has 1 aliphatic rings. The molecular formula is C15H18F2O2. The van der Waals surface area contributed by atoms with Gasteiger partial charge in [-0.2, -0.15) is 0 Å².